The lowest BCUT2D eigenvalue weighted by molar-refractivity contribution is 0.0814. The Morgan fingerprint density at radius 1 is 0.781 bits per heavy atom. The van der Waals surface area contributed by atoms with Crippen LogP contribution in [0.4, 0.5) is 0 Å². The van der Waals surface area contributed by atoms with Crippen molar-refractivity contribution in [1.29, 1.82) is 0 Å². The van der Waals surface area contributed by atoms with Crippen LogP contribution in [0, 0.1) is 20.8 Å². The smallest absolute Gasteiger partial charge is 0.237 e. The van der Waals surface area contributed by atoms with Crippen LogP contribution in [0.5, 0.6) is 0 Å². The lowest BCUT2D eigenvalue weighted by atomic mass is 9.85. The Balaban J connectivity index is 1.35. The summed E-state index contributed by atoms with van der Waals surface area (Å²) in [5, 5.41) is 0. The number of hydrogen-bond acceptors (Lipinski definition) is 5. The minimum absolute atomic E-state index is 0.430. The lowest BCUT2D eigenvalue weighted by Crippen LogP contribution is -2.45. The summed E-state index contributed by atoms with van der Waals surface area (Å²) in [6.07, 6.45) is 0. The van der Waals surface area contributed by atoms with Gasteiger partial charge in [0.1, 0.15) is 11.5 Å². The first-order valence-electron chi connectivity index (χ1n) is 11.2. The maximum atomic E-state index is 12.9. The standard InChI is InChI=1S/C27H28N2O3/c1-17-13-21-22(14-18(17)2)27-24(26(31)25(21)30)19(3)23(32-27)16-29-11-9-28(10-12-29)15-20-7-5-4-6-8-20/h4-8,13-14H,9-12,15-16H2,1-3H3. The third-order valence-corrected chi connectivity index (χ3v) is 6.88. The molecule has 1 aliphatic heterocycles. The van der Waals surface area contributed by atoms with Crippen molar-refractivity contribution in [2.75, 3.05) is 26.2 Å². The molecule has 0 saturated carbocycles. The Bertz CT molecular complexity index is 1200. The number of carbonyl (C=O) groups is 2. The van der Waals surface area contributed by atoms with Crippen molar-refractivity contribution >= 4 is 11.6 Å². The molecule has 1 aliphatic carbocycles. The van der Waals surface area contributed by atoms with Crippen molar-refractivity contribution in [2.24, 2.45) is 0 Å². The molecule has 2 heterocycles. The fourth-order valence-corrected chi connectivity index (χ4v) is 4.75. The zero-order chi connectivity index (χ0) is 22.4. The van der Waals surface area contributed by atoms with E-state index in [-0.39, 0.29) is 0 Å². The minimum Gasteiger partial charge on any atom is -0.459 e. The van der Waals surface area contributed by atoms with Gasteiger partial charge < -0.3 is 4.42 Å². The molecule has 1 aromatic heterocycles. The van der Waals surface area contributed by atoms with E-state index in [4.69, 9.17) is 4.42 Å². The van der Waals surface area contributed by atoms with Gasteiger partial charge in [0.15, 0.2) is 0 Å². The topological polar surface area (TPSA) is 53.8 Å². The average molecular weight is 429 g/mol. The molecule has 1 saturated heterocycles. The van der Waals surface area contributed by atoms with Crippen molar-refractivity contribution in [2.45, 2.75) is 33.9 Å². The van der Waals surface area contributed by atoms with Crippen LogP contribution in [0.1, 0.15) is 48.7 Å². The molecule has 0 spiro atoms. The molecule has 5 nitrogen and oxygen atoms in total. The second-order valence-corrected chi connectivity index (χ2v) is 9.03. The van der Waals surface area contributed by atoms with Gasteiger partial charge in [-0.15, -0.1) is 0 Å². The van der Waals surface area contributed by atoms with Crippen molar-refractivity contribution in [3.63, 3.8) is 0 Å². The maximum absolute atomic E-state index is 12.9. The quantitative estimate of drug-likeness (QED) is 0.570. The molecule has 1 fully saturated rings. The van der Waals surface area contributed by atoms with E-state index < -0.39 is 11.6 Å². The van der Waals surface area contributed by atoms with Crippen molar-refractivity contribution in [3.8, 4) is 11.3 Å². The SMILES string of the molecule is Cc1cc2c(cc1C)-c1oc(CN3CCN(Cc4ccccc4)CC3)c(C)c1C(=O)C2=O. The number of piperazine rings is 1. The molecule has 0 radical (unpaired) electrons. The Labute approximate surface area is 188 Å². The summed E-state index contributed by atoms with van der Waals surface area (Å²) in [6.45, 7) is 11.4. The third-order valence-electron chi connectivity index (χ3n) is 6.88. The van der Waals surface area contributed by atoms with Crippen molar-refractivity contribution < 1.29 is 14.0 Å². The van der Waals surface area contributed by atoms with Gasteiger partial charge in [0, 0.05) is 49.4 Å². The van der Waals surface area contributed by atoms with Gasteiger partial charge in [0.25, 0.3) is 0 Å². The van der Waals surface area contributed by atoms with Gasteiger partial charge in [0.05, 0.1) is 12.1 Å². The van der Waals surface area contributed by atoms with Crippen LogP contribution < -0.4 is 0 Å². The van der Waals surface area contributed by atoms with E-state index in [1.807, 2.05) is 39.0 Å². The molecular formula is C27H28N2O3. The van der Waals surface area contributed by atoms with Crippen LogP contribution in [-0.4, -0.2) is 47.5 Å². The number of ketones is 2. The first-order valence-corrected chi connectivity index (χ1v) is 11.2. The van der Waals surface area contributed by atoms with Gasteiger partial charge in [-0.25, -0.2) is 0 Å². The average Bonchev–Trinajstić information content (AvgIpc) is 3.12. The number of aryl methyl sites for hydroxylation is 2. The molecule has 0 unspecified atom stereocenters. The van der Waals surface area contributed by atoms with Crippen LogP contribution >= 0.6 is 0 Å². The number of rotatable bonds is 4. The minimum atomic E-state index is -0.448. The lowest BCUT2D eigenvalue weighted by Gasteiger charge is -2.34. The zero-order valence-corrected chi connectivity index (χ0v) is 18.9. The number of Topliss-reactive ketones (excluding diaryl/α,β-unsaturated/α-hetero) is 2. The predicted octanol–water partition coefficient (Wildman–Crippen LogP) is 4.57. The normalized spacial score (nSPS) is 16.8. The largest absolute Gasteiger partial charge is 0.459 e. The van der Waals surface area contributed by atoms with Gasteiger partial charge in [-0.3, -0.25) is 19.4 Å². The van der Waals surface area contributed by atoms with Crippen molar-refractivity contribution in [1.82, 2.24) is 9.80 Å². The number of benzene rings is 2. The molecule has 32 heavy (non-hydrogen) atoms. The van der Waals surface area contributed by atoms with Gasteiger partial charge >= 0.3 is 0 Å². The maximum Gasteiger partial charge on any atom is 0.237 e. The summed E-state index contributed by atoms with van der Waals surface area (Å²) in [4.78, 5) is 30.5. The Morgan fingerprint density at radius 3 is 2.03 bits per heavy atom. The van der Waals surface area contributed by atoms with Crippen molar-refractivity contribution in [3.05, 3.63) is 81.6 Å². The molecular weight excluding hydrogens is 400 g/mol. The highest BCUT2D eigenvalue weighted by molar-refractivity contribution is 6.53. The first kappa shape index (κ1) is 20.9. The summed E-state index contributed by atoms with van der Waals surface area (Å²) >= 11 is 0. The van der Waals surface area contributed by atoms with E-state index in [0.29, 0.717) is 23.4 Å². The Kier molecular flexibility index (Phi) is 5.31. The molecule has 5 rings (SSSR count). The molecule has 0 atom stereocenters. The summed E-state index contributed by atoms with van der Waals surface area (Å²) in [5.74, 6) is 0.471. The van der Waals surface area contributed by atoms with Gasteiger partial charge in [-0.2, -0.15) is 0 Å². The first-order chi connectivity index (χ1) is 15.4. The Morgan fingerprint density at radius 2 is 1.38 bits per heavy atom. The molecule has 2 aliphatic rings. The predicted molar refractivity (Wildman–Crippen MR) is 124 cm³/mol. The van der Waals surface area contributed by atoms with Crippen LogP contribution in [0.3, 0.4) is 0 Å². The van der Waals surface area contributed by atoms with Crippen LogP contribution in [0.15, 0.2) is 46.9 Å². The molecule has 0 N–H and O–H groups in total. The summed E-state index contributed by atoms with van der Waals surface area (Å²) < 4.78 is 6.27. The van der Waals surface area contributed by atoms with Crippen LogP contribution in [0.25, 0.3) is 11.3 Å². The van der Waals surface area contributed by atoms with E-state index in [2.05, 4.69) is 34.1 Å². The van der Waals surface area contributed by atoms with E-state index in [1.165, 1.54) is 5.56 Å². The van der Waals surface area contributed by atoms with E-state index in [1.54, 1.807) is 0 Å². The highest BCUT2D eigenvalue weighted by Crippen LogP contribution is 2.40. The van der Waals surface area contributed by atoms with Gasteiger partial charge in [-0.05, 0) is 49.6 Å². The molecule has 0 amide bonds. The van der Waals surface area contributed by atoms with Gasteiger partial charge in [0.2, 0.25) is 11.6 Å². The van der Waals surface area contributed by atoms with E-state index in [0.717, 1.165) is 60.7 Å². The number of fused-ring (bicyclic) bond motifs is 3. The van der Waals surface area contributed by atoms with E-state index in [9.17, 15) is 9.59 Å². The molecule has 0 bridgehead atoms. The highest BCUT2D eigenvalue weighted by Gasteiger charge is 2.36. The molecule has 3 aromatic rings. The summed E-state index contributed by atoms with van der Waals surface area (Å²) in [5.41, 5.74) is 5.88. The number of carbonyl (C=O) groups excluding carboxylic acids is 2. The van der Waals surface area contributed by atoms with Gasteiger partial charge in [-0.1, -0.05) is 30.3 Å². The second-order valence-electron chi connectivity index (χ2n) is 9.03. The third kappa shape index (κ3) is 3.61. The molecule has 5 heteroatoms. The molecule has 164 valence electrons. The molecule has 2 aromatic carbocycles. The van der Waals surface area contributed by atoms with Crippen LogP contribution in [0.2, 0.25) is 0 Å². The number of nitrogens with zero attached hydrogens (tertiary/aromatic N) is 2. The highest BCUT2D eigenvalue weighted by atomic mass is 16.3. The summed E-state index contributed by atoms with van der Waals surface area (Å²) in [7, 11) is 0. The number of furan rings is 1. The second kappa shape index (κ2) is 8.15. The summed E-state index contributed by atoms with van der Waals surface area (Å²) in [6, 6.07) is 14.3. The fourth-order valence-electron chi connectivity index (χ4n) is 4.75. The van der Waals surface area contributed by atoms with Crippen LogP contribution in [-0.2, 0) is 13.1 Å². The van der Waals surface area contributed by atoms with E-state index >= 15 is 0 Å². The zero-order valence-electron chi connectivity index (χ0n) is 18.9. The Hall–Kier alpha value is -3.02. The number of hydrogen-bond donors (Lipinski definition) is 0. The fraction of sp³-hybridized carbons (Fsp3) is 0.333. The monoisotopic (exact) mass is 428 g/mol.